The van der Waals surface area contributed by atoms with Crippen LogP contribution in [0.15, 0.2) is 12.7 Å². The molecular weight excluding hydrogens is 298 g/mol. The van der Waals surface area contributed by atoms with Gasteiger partial charge < -0.3 is 9.47 Å². The van der Waals surface area contributed by atoms with Gasteiger partial charge in [0.25, 0.3) is 10.1 Å². The predicted molar refractivity (Wildman–Crippen MR) is 72.0 cm³/mol. The molecule has 7 nitrogen and oxygen atoms in total. The van der Waals surface area contributed by atoms with Crippen molar-refractivity contribution >= 4 is 81.2 Å². The second kappa shape index (κ2) is 12.3. The summed E-state index contributed by atoms with van der Waals surface area (Å²) in [6.45, 7) is 4.61. The number of carbonyl (C=O) groups is 2. The van der Waals surface area contributed by atoms with Gasteiger partial charge >= 0.3 is 71.1 Å². The van der Waals surface area contributed by atoms with Gasteiger partial charge in [0.1, 0.15) is 6.61 Å². The summed E-state index contributed by atoms with van der Waals surface area (Å²) >= 11 is 0. The van der Waals surface area contributed by atoms with Crippen molar-refractivity contribution in [1.82, 2.24) is 0 Å². The molecule has 0 aromatic heterocycles. The maximum absolute atomic E-state index is 11.3. The Morgan fingerprint density at radius 1 is 1.32 bits per heavy atom. The summed E-state index contributed by atoms with van der Waals surface area (Å²) in [5.74, 6) is -2.13. The van der Waals surface area contributed by atoms with E-state index in [1.807, 2.05) is 0 Å². The van der Waals surface area contributed by atoms with Crippen LogP contribution in [0.2, 0.25) is 0 Å². The van der Waals surface area contributed by atoms with Crippen LogP contribution >= 0.6 is 0 Å². The van der Waals surface area contributed by atoms with E-state index in [2.05, 4.69) is 16.1 Å². The SMILES string of the molecule is C=CCOC(=O)C(CC(=O)OCC)S(=O)(=O)O.[NaH].[NaH]. The molecule has 0 aliphatic rings. The van der Waals surface area contributed by atoms with Gasteiger partial charge in [0.2, 0.25) is 0 Å². The molecule has 0 bridgehead atoms. The molecule has 10 heteroatoms. The van der Waals surface area contributed by atoms with Gasteiger partial charge in [0.05, 0.1) is 13.0 Å². The number of ether oxygens (including phenoxy) is 2. The van der Waals surface area contributed by atoms with E-state index in [1.54, 1.807) is 0 Å². The number of hydrogen-bond donors (Lipinski definition) is 1. The summed E-state index contributed by atoms with van der Waals surface area (Å²) < 4.78 is 39.5. The molecule has 19 heavy (non-hydrogen) atoms. The Balaban J connectivity index is -0.00000128. The molecule has 0 rings (SSSR count). The fraction of sp³-hybridized carbons (Fsp3) is 0.556. The zero-order chi connectivity index (χ0) is 13.5. The van der Waals surface area contributed by atoms with Crippen molar-refractivity contribution in [2.75, 3.05) is 13.2 Å². The first-order valence-electron chi connectivity index (χ1n) is 4.72. The Hall–Kier alpha value is 0.590. The summed E-state index contributed by atoms with van der Waals surface area (Å²) in [4.78, 5) is 22.3. The monoisotopic (exact) mass is 314 g/mol. The van der Waals surface area contributed by atoms with Gasteiger partial charge in [-0.2, -0.15) is 8.42 Å². The Bertz CT molecular complexity index is 393. The van der Waals surface area contributed by atoms with Gasteiger partial charge in [-0.25, -0.2) is 0 Å². The van der Waals surface area contributed by atoms with Crippen LogP contribution in [0.25, 0.3) is 0 Å². The van der Waals surface area contributed by atoms with Gasteiger partial charge in [0.15, 0.2) is 5.25 Å². The molecule has 0 fully saturated rings. The third-order valence-electron chi connectivity index (χ3n) is 1.62. The van der Waals surface area contributed by atoms with Crippen molar-refractivity contribution in [3.8, 4) is 0 Å². The minimum absolute atomic E-state index is 0. The summed E-state index contributed by atoms with van der Waals surface area (Å²) in [5, 5.41) is -1.97. The summed E-state index contributed by atoms with van der Waals surface area (Å²) in [6, 6.07) is 0. The molecule has 0 aliphatic carbocycles. The molecule has 102 valence electrons. The van der Waals surface area contributed by atoms with Crippen LogP contribution in [0.5, 0.6) is 0 Å². The molecule has 0 aromatic carbocycles. The summed E-state index contributed by atoms with van der Waals surface area (Å²) in [5.41, 5.74) is 0. The van der Waals surface area contributed by atoms with Gasteiger partial charge in [-0.1, -0.05) is 12.7 Å². The molecule has 0 radical (unpaired) electrons. The third-order valence-corrected chi connectivity index (χ3v) is 2.70. The predicted octanol–water partition coefficient (Wildman–Crippen LogP) is -1.37. The summed E-state index contributed by atoms with van der Waals surface area (Å²) in [7, 11) is -4.72. The summed E-state index contributed by atoms with van der Waals surface area (Å²) in [6.07, 6.45) is 0.436. The molecular formula is C9H16Na2O7S. The van der Waals surface area contributed by atoms with Crippen LogP contribution in [0.4, 0.5) is 0 Å². The fourth-order valence-electron chi connectivity index (χ4n) is 0.916. The average molecular weight is 314 g/mol. The van der Waals surface area contributed by atoms with E-state index in [4.69, 9.17) is 4.55 Å². The van der Waals surface area contributed by atoms with Crippen LogP contribution in [0.3, 0.4) is 0 Å². The Kier molecular flexibility index (Phi) is 16.0. The van der Waals surface area contributed by atoms with Crippen molar-refractivity contribution < 1.29 is 32.0 Å². The molecule has 1 unspecified atom stereocenters. The zero-order valence-corrected chi connectivity index (χ0v) is 10.1. The van der Waals surface area contributed by atoms with E-state index in [1.165, 1.54) is 13.0 Å². The van der Waals surface area contributed by atoms with Gasteiger partial charge in [-0.3, -0.25) is 14.1 Å². The Morgan fingerprint density at radius 2 is 1.84 bits per heavy atom. The quantitative estimate of drug-likeness (QED) is 0.267. The van der Waals surface area contributed by atoms with Gasteiger partial charge in [0, 0.05) is 0 Å². The number of hydrogen-bond acceptors (Lipinski definition) is 6. The number of esters is 2. The molecule has 1 N–H and O–H groups in total. The van der Waals surface area contributed by atoms with E-state index >= 15 is 0 Å². The van der Waals surface area contributed by atoms with Crippen LogP contribution in [-0.2, 0) is 29.2 Å². The first kappa shape index (κ1) is 24.6. The second-order valence-electron chi connectivity index (χ2n) is 2.93. The van der Waals surface area contributed by atoms with Crippen molar-refractivity contribution in [2.24, 2.45) is 0 Å². The molecule has 0 aliphatic heterocycles. The van der Waals surface area contributed by atoms with Crippen LogP contribution in [-0.4, -0.2) is 102 Å². The average Bonchev–Trinajstić information content (AvgIpc) is 2.21. The van der Waals surface area contributed by atoms with E-state index in [0.717, 1.165) is 0 Å². The van der Waals surface area contributed by atoms with E-state index in [-0.39, 0.29) is 72.3 Å². The van der Waals surface area contributed by atoms with Crippen LogP contribution in [0.1, 0.15) is 13.3 Å². The van der Waals surface area contributed by atoms with Crippen molar-refractivity contribution in [1.29, 1.82) is 0 Å². The molecule has 0 aromatic rings. The molecule has 0 spiro atoms. The zero-order valence-electron chi connectivity index (χ0n) is 9.29. The van der Waals surface area contributed by atoms with Crippen molar-refractivity contribution in [3.63, 3.8) is 0 Å². The molecule has 0 saturated heterocycles. The second-order valence-corrected chi connectivity index (χ2v) is 4.53. The van der Waals surface area contributed by atoms with Crippen molar-refractivity contribution in [3.05, 3.63) is 12.7 Å². The van der Waals surface area contributed by atoms with Crippen molar-refractivity contribution in [2.45, 2.75) is 18.6 Å². The van der Waals surface area contributed by atoms with E-state index in [9.17, 15) is 18.0 Å². The molecule has 0 amide bonds. The number of carbonyl (C=O) groups excluding carboxylic acids is 2. The van der Waals surface area contributed by atoms with Crippen LogP contribution in [0, 0.1) is 0 Å². The molecule has 0 heterocycles. The first-order valence-corrected chi connectivity index (χ1v) is 6.22. The van der Waals surface area contributed by atoms with Crippen LogP contribution < -0.4 is 0 Å². The fourth-order valence-corrected chi connectivity index (χ4v) is 1.57. The molecule has 0 saturated carbocycles. The first-order chi connectivity index (χ1) is 7.82. The number of rotatable bonds is 7. The molecule has 1 atom stereocenters. The maximum atomic E-state index is 11.3. The van der Waals surface area contributed by atoms with E-state index < -0.39 is 33.7 Å². The Morgan fingerprint density at radius 3 is 2.21 bits per heavy atom. The van der Waals surface area contributed by atoms with Gasteiger partial charge in [-0.15, -0.1) is 0 Å². The standard InChI is InChI=1S/C9H14O7S.2Na.2H/c1-3-5-16-9(11)7(17(12,13)14)6-8(10)15-4-2;;;;/h3,7H,1,4-6H2,2H3,(H,12,13,14);;;;. The van der Waals surface area contributed by atoms with Gasteiger partial charge in [-0.05, 0) is 6.92 Å². The van der Waals surface area contributed by atoms with E-state index in [0.29, 0.717) is 0 Å². The Labute approximate surface area is 156 Å². The normalized spacial score (nSPS) is 11.3. The topological polar surface area (TPSA) is 107 Å². The minimum atomic E-state index is -4.72. The third kappa shape index (κ3) is 11.0.